The van der Waals surface area contributed by atoms with Gasteiger partial charge in [0.05, 0.1) is 27.2 Å². The lowest BCUT2D eigenvalue weighted by molar-refractivity contribution is -0.904. The highest BCUT2D eigenvalue weighted by molar-refractivity contribution is 7.05. The Kier molecular flexibility index (Phi) is 7.18. The lowest BCUT2D eigenvalue weighted by Crippen LogP contribution is -2.40. The highest BCUT2D eigenvalue weighted by atomic mass is 32.1. The molecule has 0 saturated carbocycles. The van der Waals surface area contributed by atoms with Crippen molar-refractivity contribution in [1.29, 1.82) is 0 Å². The predicted octanol–water partition coefficient (Wildman–Crippen LogP) is 4.87. The maximum atomic E-state index is 11.9. The van der Waals surface area contributed by atoms with Crippen LogP contribution >= 0.6 is 11.5 Å². The number of ether oxygens (including phenoxy) is 1. The van der Waals surface area contributed by atoms with Crippen LogP contribution in [0.3, 0.4) is 0 Å². The van der Waals surface area contributed by atoms with Crippen LogP contribution in [0.25, 0.3) is 0 Å². The highest BCUT2D eigenvalue weighted by Gasteiger charge is 2.38. The Morgan fingerprint density at radius 2 is 1.39 bits per heavy atom. The summed E-state index contributed by atoms with van der Waals surface area (Å²) >= 11 is 1.27. The summed E-state index contributed by atoms with van der Waals surface area (Å²) in [5.74, 6) is 1.64. The average Bonchev–Trinajstić information content (AvgIpc) is 3.31. The van der Waals surface area contributed by atoms with Crippen molar-refractivity contribution in [2.75, 3.05) is 27.2 Å². The molecule has 1 heterocycles. The van der Waals surface area contributed by atoms with Crippen molar-refractivity contribution in [3.05, 3.63) is 113 Å². The molecule has 1 aromatic heterocycles. The van der Waals surface area contributed by atoms with Gasteiger partial charge in [-0.1, -0.05) is 78.9 Å². The van der Waals surface area contributed by atoms with Crippen molar-refractivity contribution in [1.82, 2.24) is 9.36 Å². The van der Waals surface area contributed by atoms with Gasteiger partial charge in [-0.2, -0.15) is 4.37 Å². The number of rotatable bonds is 10. The summed E-state index contributed by atoms with van der Waals surface area (Å²) in [5, 5.41) is 12.5. The fourth-order valence-corrected chi connectivity index (χ4v) is 4.70. The lowest BCUT2D eigenvalue weighted by Gasteiger charge is -2.29. The third-order valence-electron chi connectivity index (χ3n) is 5.65. The molecule has 33 heavy (non-hydrogen) atoms. The van der Waals surface area contributed by atoms with Gasteiger partial charge < -0.3 is 14.3 Å². The first-order valence-electron chi connectivity index (χ1n) is 11.1. The quantitative estimate of drug-likeness (QED) is 0.271. The van der Waals surface area contributed by atoms with Crippen LogP contribution < -0.4 is 4.74 Å². The summed E-state index contributed by atoms with van der Waals surface area (Å²) in [5.41, 5.74) is 0.232. The largest absolute Gasteiger partial charge is 0.493 e. The van der Waals surface area contributed by atoms with Crippen molar-refractivity contribution >= 4 is 11.5 Å². The second-order valence-electron chi connectivity index (χ2n) is 8.79. The maximum absolute atomic E-state index is 11.9. The van der Waals surface area contributed by atoms with E-state index in [0.717, 1.165) is 40.1 Å². The van der Waals surface area contributed by atoms with Crippen LogP contribution in [0, 0.1) is 0 Å². The van der Waals surface area contributed by atoms with Crippen molar-refractivity contribution in [2.45, 2.75) is 18.6 Å². The van der Waals surface area contributed by atoms with E-state index in [4.69, 9.17) is 9.72 Å². The molecule has 0 aliphatic rings. The van der Waals surface area contributed by atoms with Gasteiger partial charge in [0.15, 0.2) is 16.4 Å². The smallest absolute Gasteiger partial charge is 0.197 e. The SMILES string of the molecule is C[N+](C)(CCCOc1ccccc1)Cc1nsc(C(O)(c2ccccc2)c2ccccc2)n1. The molecule has 4 rings (SSSR count). The molecule has 3 aromatic carbocycles. The number of hydrogen-bond donors (Lipinski definition) is 1. The summed E-state index contributed by atoms with van der Waals surface area (Å²) in [7, 11) is 4.34. The minimum absolute atomic E-state index is 0.585. The Bertz CT molecular complexity index is 1090. The molecule has 0 fully saturated rings. The number of quaternary nitrogens is 1. The van der Waals surface area contributed by atoms with Crippen molar-refractivity contribution in [3.8, 4) is 5.75 Å². The first-order valence-corrected chi connectivity index (χ1v) is 11.9. The van der Waals surface area contributed by atoms with E-state index in [2.05, 4.69) is 18.5 Å². The van der Waals surface area contributed by atoms with E-state index in [1.807, 2.05) is 91.0 Å². The molecule has 0 amide bonds. The van der Waals surface area contributed by atoms with E-state index in [1.165, 1.54) is 11.5 Å². The molecule has 0 aliphatic heterocycles. The molecule has 0 atom stereocenters. The Morgan fingerprint density at radius 1 is 0.848 bits per heavy atom. The normalized spacial score (nSPS) is 12.0. The molecular weight excluding hydrogens is 430 g/mol. The Hall–Kier alpha value is -3.06. The standard InChI is InChI=1S/C27H30N3O2S/c1-30(2,19-12-20-32-24-17-10-5-11-18-24)21-25-28-26(33-29-25)27(31,22-13-6-3-7-14-22)23-15-8-4-9-16-23/h3-11,13-18,31H,12,19-21H2,1-2H3/q+1. The van der Waals surface area contributed by atoms with E-state index < -0.39 is 5.60 Å². The van der Waals surface area contributed by atoms with E-state index in [0.29, 0.717) is 18.2 Å². The van der Waals surface area contributed by atoms with Gasteiger partial charge in [-0.3, -0.25) is 0 Å². The minimum atomic E-state index is -1.33. The van der Waals surface area contributed by atoms with Crippen LogP contribution in [-0.2, 0) is 12.1 Å². The summed E-state index contributed by atoms with van der Waals surface area (Å²) in [6, 6.07) is 29.2. The molecule has 5 nitrogen and oxygen atoms in total. The zero-order chi connectivity index (χ0) is 23.2. The predicted molar refractivity (Wildman–Crippen MR) is 132 cm³/mol. The highest BCUT2D eigenvalue weighted by Crippen LogP contribution is 2.37. The van der Waals surface area contributed by atoms with E-state index >= 15 is 0 Å². The van der Waals surface area contributed by atoms with E-state index in [1.54, 1.807) is 0 Å². The van der Waals surface area contributed by atoms with Gasteiger partial charge in [0.25, 0.3) is 0 Å². The first-order chi connectivity index (χ1) is 16.0. The third kappa shape index (κ3) is 5.66. The van der Waals surface area contributed by atoms with Crippen molar-refractivity contribution in [3.63, 3.8) is 0 Å². The van der Waals surface area contributed by atoms with Gasteiger partial charge in [0, 0.05) is 6.42 Å². The Morgan fingerprint density at radius 3 is 1.97 bits per heavy atom. The van der Waals surface area contributed by atoms with Crippen LogP contribution in [0.1, 0.15) is 28.4 Å². The van der Waals surface area contributed by atoms with Gasteiger partial charge >= 0.3 is 0 Å². The van der Waals surface area contributed by atoms with E-state index in [9.17, 15) is 5.11 Å². The minimum Gasteiger partial charge on any atom is -0.493 e. The van der Waals surface area contributed by atoms with Gasteiger partial charge in [-0.05, 0) is 34.8 Å². The summed E-state index contributed by atoms with van der Waals surface area (Å²) < 4.78 is 11.2. The average molecular weight is 461 g/mol. The Balaban J connectivity index is 1.46. The van der Waals surface area contributed by atoms with Crippen LogP contribution in [0.5, 0.6) is 5.75 Å². The van der Waals surface area contributed by atoms with Crippen molar-refractivity contribution in [2.24, 2.45) is 0 Å². The van der Waals surface area contributed by atoms with Crippen LogP contribution in [0.4, 0.5) is 0 Å². The molecule has 0 unspecified atom stereocenters. The fourth-order valence-electron chi connectivity index (χ4n) is 3.90. The lowest BCUT2D eigenvalue weighted by atomic mass is 9.87. The molecule has 6 heteroatoms. The van der Waals surface area contributed by atoms with Crippen LogP contribution in [0.2, 0.25) is 0 Å². The van der Waals surface area contributed by atoms with E-state index in [-0.39, 0.29) is 0 Å². The number of aromatic nitrogens is 2. The third-order valence-corrected chi connectivity index (χ3v) is 6.51. The number of aliphatic hydroxyl groups is 1. The fraction of sp³-hybridized carbons (Fsp3) is 0.259. The molecule has 0 radical (unpaired) electrons. The van der Waals surface area contributed by atoms with Crippen molar-refractivity contribution < 1.29 is 14.3 Å². The number of para-hydroxylation sites is 1. The molecule has 0 aliphatic carbocycles. The summed E-state index contributed by atoms with van der Waals surface area (Å²) in [6.07, 6.45) is 0.927. The Labute approximate surface area is 199 Å². The van der Waals surface area contributed by atoms with Gasteiger partial charge in [-0.25, -0.2) is 4.98 Å². The van der Waals surface area contributed by atoms with Gasteiger partial charge in [-0.15, -0.1) is 0 Å². The molecule has 0 saturated heterocycles. The summed E-state index contributed by atoms with van der Waals surface area (Å²) in [4.78, 5) is 4.81. The molecule has 1 N–H and O–H groups in total. The topological polar surface area (TPSA) is 55.2 Å². The van der Waals surface area contributed by atoms with Crippen LogP contribution in [-0.4, -0.2) is 46.2 Å². The summed E-state index contributed by atoms with van der Waals surface area (Å²) in [6.45, 7) is 2.29. The number of nitrogens with zero attached hydrogens (tertiary/aromatic N) is 3. The molecule has 0 spiro atoms. The second kappa shape index (κ2) is 10.3. The first kappa shape index (κ1) is 23.1. The van der Waals surface area contributed by atoms with Gasteiger partial charge in [0.2, 0.25) is 0 Å². The maximum Gasteiger partial charge on any atom is 0.197 e. The molecule has 4 aromatic rings. The molecular formula is C27H30N3O2S+. The molecule has 0 bridgehead atoms. The zero-order valence-corrected chi connectivity index (χ0v) is 19.9. The van der Waals surface area contributed by atoms with Gasteiger partial charge in [0.1, 0.15) is 12.3 Å². The van der Waals surface area contributed by atoms with Crippen LogP contribution in [0.15, 0.2) is 91.0 Å². The monoisotopic (exact) mass is 460 g/mol. The zero-order valence-electron chi connectivity index (χ0n) is 19.1. The second-order valence-corrected chi connectivity index (χ2v) is 9.54. The number of benzene rings is 3. The molecule has 170 valence electrons. The number of hydrogen-bond acceptors (Lipinski definition) is 5.